The van der Waals surface area contributed by atoms with Gasteiger partial charge in [-0.05, 0) is 18.6 Å². The highest BCUT2D eigenvalue weighted by molar-refractivity contribution is 5.91. The van der Waals surface area contributed by atoms with E-state index in [0.717, 1.165) is 4.57 Å². The van der Waals surface area contributed by atoms with Crippen molar-refractivity contribution in [2.45, 2.75) is 19.0 Å². The van der Waals surface area contributed by atoms with Crippen LogP contribution in [0, 0.1) is 0 Å². The Morgan fingerprint density at radius 1 is 1.78 bits per heavy atom. The van der Waals surface area contributed by atoms with E-state index in [9.17, 15) is 14.0 Å². The number of esters is 1. The molecule has 96 valence electrons. The van der Waals surface area contributed by atoms with Crippen molar-refractivity contribution in [3.8, 4) is 0 Å². The lowest BCUT2D eigenvalue weighted by atomic mass is 10.3. The number of halogens is 1. The highest BCUT2D eigenvalue weighted by Crippen LogP contribution is 2.47. The number of aromatic nitrogens is 2. The van der Waals surface area contributed by atoms with Gasteiger partial charge in [-0.15, -0.1) is 0 Å². The quantitative estimate of drug-likeness (QED) is 0.785. The molecule has 0 saturated heterocycles. The number of nitrogens with two attached hydrogens (primary N) is 1. The summed E-state index contributed by atoms with van der Waals surface area (Å²) in [7, 11) is 0. The van der Waals surface area contributed by atoms with Crippen LogP contribution in [0.1, 0.15) is 13.3 Å². The average molecular weight is 253 g/mol. The molecular weight excluding hydrogens is 241 g/mol. The second-order valence-electron chi connectivity index (χ2n) is 3.90. The highest BCUT2D eigenvalue weighted by Gasteiger charge is 2.58. The van der Waals surface area contributed by atoms with Gasteiger partial charge in [-0.3, -0.25) is 4.57 Å². The SMILES string of the molecule is CCOC(=O)C1(F)C/C1=C\n1ccc(N)nc1=O. The molecule has 1 heterocycles. The van der Waals surface area contributed by atoms with Gasteiger partial charge < -0.3 is 10.5 Å². The third kappa shape index (κ3) is 2.11. The van der Waals surface area contributed by atoms with E-state index in [1.807, 2.05) is 0 Å². The van der Waals surface area contributed by atoms with E-state index < -0.39 is 17.3 Å². The fourth-order valence-electron chi connectivity index (χ4n) is 1.51. The molecule has 1 aromatic rings. The summed E-state index contributed by atoms with van der Waals surface area (Å²) in [4.78, 5) is 26.2. The number of nitrogen functional groups attached to an aromatic ring is 1. The first-order valence-corrected chi connectivity index (χ1v) is 5.39. The average Bonchev–Trinajstić information content (AvgIpc) is 2.96. The number of ether oxygens (including phenoxy) is 1. The Balaban J connectivity index is 2.22. The molecule has 2 rings (SSSR count). The fraction of sp³-hybridized carbons (Fsp3) is 0.364. The number of rotatable bonds is 3. The van der Waals surface area contributed by atoms with Crippen LogP contribution in [0.2, 0.25) is 0 Å². The van der Waals surface area contributed by atoms with Gasteiger partial charge in [0.1, 0.15) is 5.82 Å². The molecule has 0 radical (unpaired) electrons. The normalized spacial score (nSPS) is 24.0. The maximum absolute atomic E-state index is 13.9. The molecule has 0 bridgehead atoms. The van der Waals surface area contributed by atoms with Crippen molar-refractivity contribution < 1.29 is 13.9 Å². The molecule has 7 heteroatoms. The molecule has 1 aliphatic carbocycles. The van der Waals surface area contributed by atoms with Crippen molar-refractivity contribution in [2.24, 2.45) is 0 Å². The first kappa shape index (κ1) is 12.3. The number of hydrogen-bond donors (Lipinski definition) is 1. The van der Waals surface area contributed by atoms with Gasteiger partial charge in [-0.1, -0.05) is 0 Å². The Morgan fingerprint density at radius 3 is 3.11 bits per heavy atom. The molecule has 1 aliphatic rings. The number of carbonyl (C=O) groups is 1. The predicted molar refractivity (Wildman–Crippen MR) is 62.3 cm³/mol. The van der Waals surface area contributed by atoms with Gasteiger partial charge in [0.25, 0.3) is 0 Å². The van der Waals surface area contributed by atoms with Gasteiger partial charge in [-0.25, -0.2) is 14.0 Å². The van der Waals surface area contributed by atoms with Crippen LogP contribution in [0.4, 0.5) is 10.2 Å². The summed E-state index contributed by atoms with van der Waals surface area (Å²) in [5.41, 5.74) is 2.79. The Morgan fingerprint density at radius 2 is 2.50 bits per heavy atom. The first-order chi connectivity index (χ1) is 8.47. The van der Waals surface area contributed by atoms with Gasteiger partial charge in [0.05, 0.1) is 6.61 Å². The molecule has 0 aliphatic heterocycles. The standard InChI is InChI=1S/C11H12FN3O3/c1-2-18-9(16)11(12)5-7(11)6-15-4-3-8(13)14-10(15)17/h3-4,6H,2,5H2,1H3,(H2,13,14,17)/b7-6+. The highest BCUT2D eigenvalue weighted by atomic mass is 19.1. The number of hydrogen-bond acceptors (Lipinski definition) is 5. The Labute approximate surface area is 102 Å². The van der Waals surface area contributed by atoms with E-state index in [1.165, 1.54) is 18.5 Å². The van der Waals surface area contributed by atoms with E-state index in [4.69, 9.17) is 5.73 Å². The van der Waals surface area contributed by atoms with Gasteiger partial charge in [0.2, 0.25) is 5.67 Å². The monoisotopic (exact) mass is 253 g/mol. The molecule has 0 aromatic carbocycles. The summed E-state index contributed by atoms with van der Waals surface area (Å²) in [6, 6.07) is 1.41. The second kappa shape index (κ2) is 4.25. The van der Waals surface area contributed by atoms with E-state index >= 15 is 0 Å². The van der Waals surface area contributed by atoms with Gasteiger partial charge in [-0.2, -0.15) is 4.98 Å². The summed E-state index contributed by atoms with van der Waals surface area (Å²) in [6.45, 7) is 1.71. The van der Waals surface area contributed by atoms with Gasteiger partial charge in [0.15, 0.2) is 0 Å². The zero-order valence-corrected chi connectivity index (χ0v) is 9.72. The molecule has 1 aromatic heterocycles. The molecule has 1 atom stereocenters. The first-order valence-electron chi connectivity index (χ1n) is 5.39. The molecule has 1 saturated carbocycles. The van der Waals surface area contributed by atoms with Crippen LogP contribution in [0.25, 0.3) is 6.20 Å². The van der Waals surface area contributed by atoms with Crippen LogP contribution in [-0.4, -0.2) is 27.8 Å². The molecule has 0 amide bonds. The third-order valence-corrected chi connectivity index (χ3v) is 2.56. The lowest BCUT2D eigenvalue weighted by molar-refractivity contribution is -0.150. The Hall–Kier alpha value is -2.18. The zero-order valence-electron chi connectivity index (χ0n) is 9.72. The van der Waals surface area contributed by atoms with Gasteiger partial charge in [0, 0.05) is 18.8 Å². The van der Waals surface area contributed by atoms with E-state index in [1.54, 1.807) is 6.92 Å². The maximum Gasteiger partial charge on any atom is 0.353 e. The molecule has 0 spiro atoms. The van der Waals surface area contributed by atoms with Crippen molar-refractivity contribution in [2.75, 3.05) is 12.3 Å². The molecule has 1 fully saturated rings. The number of alkyl halides is 1. The minimum Gasteiger partial charge on any atom is -0.463 e. The van der Waals surface area contributed by atoms with Crippen LogP contribution < -0.4 is 11.4 Å². The molecule has 6 nitrogen and oxygen atoms in total. The number of anilines is 1. The summed E-state index contributed by atoms with van der Waals surface area (Å²) < 4.78 is 19.6. The lowest BCUT2D eigenvalue weighted by Crippen LogP contribution is -2.22. The maximum atomic E-state index is 13.9. The summed E-state index contributed by atoms with van der Waals surface area (Å²) in [6.07, 6.45) is 2.54. The molecule has 1 unspecified atom stereocenters. The fourth-order valence-corrected chi connectivity index (χ4v) is 1.51. The third-order valence-electron chi connectivity index (χ3n) is 2.56. The van der Waals surface area contributed by atoms with Crippen LogP contribution in [0.5, 0.6) is 0 Å². The van der Waals surface area contributed by atoms with E-state index in [-0.39, 0.29) is 24.4 Å². The zero-order chi connectivity index (χ0) is 13.3. The smallest absolute Gasteiger partial charge is 0.353 e. The Bertz CT molecular complexity index is 581. The predicted octanol–water partition coefficient (Wildman–Crippen LogP) is 0.342. The largest absolute Gasteiger partial charge is 0.463 e. The second-order valence-corrected chi connectivity index (χ2v) is 3.90. The van der Waals surface area contributed by atoms with E-state index in [0.29, 0.717) is 0 Å². The number of nitrogens with zero attached hydrogens (tertiary/aromatic N) is 2. The molecular formula is C11H12FN3O3. The van der Waals surface area contributed by atoms with E-state index in [2.05, 4.69) is 9.72 Å². The Kier molecular flexibility index (Phi) is 2.90. The molecule has 18 heavy (non-hydrogen) atoms. The topological polar surface area (TPSA) is 87.2 Å². The molecule has 2 N–H and O–H groups in total. The minimum absolute atomic E-state index is 0.0668. The van der Waals surface area contributed by atoms with Crippen molar-refractivity contribution >= 4 is 18.0 Å². The van der Waals surface area contributed by atoms with Crippen molar-refractivity contribution in [1.29, 1.82) is 0 Å². The number of carbonyl (C=O) groups excluding carboxylic acids is 1. The van der Waals surface area contributed by atoms with Crippen LogP contribution in [0.15, 0.2) is 22.6 Å². The lowest BCUT2D eigenvalue weighted by Gasteiger charge is -2.03. The summed E-state index contributed by atoms with van der Waals surface area (Å²) in [5.74, 6) is -0.838. The summed E-state index contributed by atoms with van der Waals surface area (Å²) in [5, 5.41) is 0. The minimum atomic E-state index is -2.10. The van der Waals surface area contributed by atoms with Gasteiger partial charge >= 0.3 is 11.7 Å². The van der Waals surface area contributed by atoms with Crippen LogP contribution in [0.3, 0.4) is 0 Å². The van der Waals surface area contributed by atoms with Crippen molar-refractivity contribution in [3.05, 3.63) is 28.3 Å². The van der Waals surface area contributed by atoms with Crippen LogP contribution in [-0.2, 0) is 9.53 Å². The van der Waals surface area contributed by atoms with Crippen molar-refractivity contribution in [3.63, 3.8) is 0 Å². The van der Waals surface area contributed by atoms with Crippen molar-refractivity contribution in [1.82, 2.24) is 9.55 Å². The summed E-state index contributed by atoms with van der Waals surface area (Å²) >= 11 is 0. The van der Waals surface area contributed by atoms with Crippen LogP contribution >= 0.6 is 0 Å².